The molecular weight excluding hydrogens is 364 g/mol. The van der Waals surface area contributed by atoms with Gasteiger partial charge in [-0.1, -0.05) is 12.1 Å². The van der Waals surface area contributed by atoms with Crippen LogP contribution in [0.3, 0.4) is 0 Å². The Bertz CT molecular complexity index is 773. The first-order valence-corrected chi connectivity index (χ1v) is 7.21. The molecule has 0 aliphatic heterocycles. The molecule has 1 aromatic heterocycles. The number of nitrogens with one attached hydrogen (secondary N) is 2. The highest BCUT2D eigenvalue weighted by Crippen LogP contribution is 2.16. The second-order valence-corrected chi connectivity index (χ2v) is 5.21. The van der Waals surface area contributed by atoms with Crippen LogP contribution >= 0.6 is 15.9 Å². The van der Waals surface area contributed by atoms with Crippen LogP contribution < -0.4 is 15.6 Å². The Labute approximate surface area is 140 Å². The van der Waals surface area contributed by atoms with Crippen LogP contribution in [-0.2, 0) is 4.79 Å². The van der Waals surface area contributed by atoms with Crippen LogP contribution in [0.25, 0.3) is 0 Å². The SMILES string of the molecule is N#Cc1ccccc1OCC(=O)NNC(=O)c1cncc(Br)c1. The number of carbonyl (C=O) groups excluding carboxylic acids is 2. The number of hydrogen-bond donors (Lipinski definition) is 2. The fourth-order valence-corrected chi connectivity index (χ4v) is 1.96. The lowest BCUT2D eigenvalue weighted by atomic mass is 10.2. The van der Waals surface area contributed by atoms with Crippen molar-refractivity contribution in [3.8, 4) is 11.8 Å². The van der Waals surface area contributed by atoms with E-state index in [9.17, 15) is 9.59 Å². The predicted molar refractivity (Wildman–Crippen MR) is 84.2 cm³/mol. The fourth-order valence-electron chi connectivity index (χ4n) is 1.60. The maximum absolute atomic E-state index is 11.8. The number of benzene rings is 1. The summed E-state index contributed by atoms with van der Waals surface area (Å²) in [6, 6.07) is 10.1. The van der Waals surface area contributed by atoms with Gasteiger partial charge in [0.2, 0.25) is 0 Å². The van der Waals surface area contributed by atoms with Crippen LogP contribution in [-0.4, -0.2) is 23.4 Å². The molecule has 0 unspecified atom stereocenters. The van der Waals surface area contributed by atoms with Gasteiger partial charge in [0.15, 0.2) is 6.61 Å². The van der Waals surface area contributed by atoms with Gasteiger partial charge in [-0.15, -0.1) is 0 Å². The Morgan fingerprint density at radius 2 is 2.04 bits per heavy atom. The number of pyridine rings is 1. The molecule has 0 spiro atoms. The molecule has 1 aromatic carbocycles. The molecule has 2 aromatic rings. The summed E-state index contributed by atoms with van der Waals surface area (Å²) in [5, 5.41) is 8.91. The average Bonchev–Trinajstić information content (AvgIpc) is 2.58. The van der Waals surface area contributed by atoms with E-state index in [0.29, 0.717) is 15.8 Å². The van der Waals surface area contributed by atoms with E-state index in [0.717, 1.165) is 0 Å². The molecule has 0 saturated heterocycles. The van der Waals surface area contributed by atoms with Gasteiger partial charge in [-0.05, 0) is 34.1 Å². The van der Waals surface area contributed by atoms with Crippen LogP contribution in [0.4, 0.5) is 0 Å². The van der Waals surface area contributed by atoms with E-state index in [1.807, 2.05) is 6.07 Å². The zero-order valence-electron chi connectivity index (χ0n) is 11.7. The van der Waals surface area contributed by atoms with Gasteiger partial charge >= 0.3 is 0 Å². The van der Waals surface area contributed by atoms with Crippen molar-refractivity contribution in [1.29, 1.82) is 5.26 Å². The number of aromatic nitrogens is 1. The third-order valence-electron chi connectivity index (χ3n) is 2.65. The second kappa shape index (κ2) is 7.91. The number of hydrazine groups is 1. The number of hydrogen-bond acceptors (Lipinski definition) is 5. The monoisotopic (exact) mass is 374 g/mol. The lowest BCUT2D eigenvalue weighted by Crippen LogP contribution is -2.43. The minimum Gasteiger partial charge on any atom is -0.482 e. The van der Waals surface area contributed by atoms with Crippen molar-refractivity contribution in [2.75, 3.05) is 6.61 Å². The van der Waals surface area contributed by atoms with Crippen molar-refractivity contribution < 1.29 is 14.3 Å². The largest absolute Gasteiger partial charge is 0.482 e. The highest BCUT2D eigenvalue weighted by atomic mass is 79.9. The number of ether oxygens (including phenoxy) is 1. The van der Waals surface area contributed by atoms with Crippen LogP contribution in [0.2, 0.25) is 0 Å². The molecule has 2 N–H and O–H groups in total. The van der Waals surface area contributed by atoms with E-state index >= 15 is 0 Å². The summed E-state index contributed by atoms with van der Waals surface area (Å²) in [6.07, 6.45) is 2.90. The third-order valence-corrected chi connectivity index (χ3v) is 3.08. The van der Waals surface area contributed by atoms with E-state index in [4.69, 9.17) is 10.00 Å². The van der Waals surface area contributed by atoms with Gasteiger partial charge < -0.3 is 4.74 Å². The molecule has 2 rings (SSSR count). The molecule has 2 amide bonds. The summed E-state index contributed by atoms with van der Waals surface area (Å²) >= 11 is 3.20. The van der Waals surface area contributed by atoms with Gasteiger partial charge in [-0.2, -0.15) is 5.26 Å². The quantitative estimate of drug-likeness (QED) is 0.790. The van der Waals surface area contributed by atoms with Gasteiger partial charge in [0.25, 0.3) is 11.8 Å². The number of para-hydroxylation sites is 1. The lowest BCUT2D eigenvalue weighted by Gasteiger charge is -2.09. The maximum Gasteiger partial charge on any atom is 0.276 e. The number of nitriles is 1. The molecule has 8 heteroatoms. The van der Waals surface area contributed by atoms with Crippen LogP contribution in [0.15, 0.2) is 47.2 Å². The summed E-state index contributed by atoms with van der Waals surface area (Å²) in [5.41, 5.74) is 5.08. The number of nitrogens with zero attached hydrogens (tertiary/aromatic N) is 2. The van der Waals surface area contributed by atoms with Gasteiger partial charge in [-0.3, -0.25) is 25.4 Å². The van der Waals surface area contributed by atoms with E-state index in [-0.39, 0.29) is 12.2 Å². The zero-order valence-corrected chi connectivity index (χ0v) is 13.3. The summed E-state index contributed by atoms with van der Waals surface area (Å²) in [7, 11) is 0. The molecule has 1 heterocycles. The number of amides is 2. The predicted octanol–water partition coefficient (Wildman–Crippen LogP) is 1.56. The van der Waals surface area contributed by atoms with Crippen molar-refractivity contribution in [1.82, 2.24) is 15.8 Å². The summed E-state index contributed by atoms with van der Waals surface area (Å²) in [4.78, 5) is 27.3. The first kappa shape index (κ1) is 16.5. The standard InChI is InChI=1S/C15H11BrN4O3/c16-12-5-11(7-18-8-12)15(22)20-19-14(21)9-23-13-4-2-1-3-10(13)6-17/h1-5,7-8H,9H2,(H,19,21)(H,20,22). The average molecular weight is 375 g/mol. The third kappa shape index (κ3) is 4.79. The second-order valence-electron chi connectivity index (χ2n) is 4.29. The minimum atomic E-state index is -0.561. The van der Waals surface area contributed by atoms with Crippen molar-refractivity contribution in [3.63, 3.8) is 0 Å². The molecule has 7 nitrogen and oxygen atoms in total. The van der Waals surface area contributed by atoms with Gasteiger partial charge in [0.05, 0.1) is 11.1 Å². The topological polar surface area (TPSA) is 104 Å². The Morgan fingerprint density at radius 1 is 1.26 bits per heavy atom. The Balaban J connectivity index is 1.84. The Kier molecular flexibility index (Phi) is 5.66. The molecular formula is C15H11BrN4O3. The van der Waals surface area contributed by atoms with Crippen LogP contribution in [0.5, 0.6) is 5.75 Å². The smallest absolute Gasteiger partial charge is 0.276 e. The van der Waals surface area contributed by atoms with Gasteiger partial charge in [0, 0.05) is 16.9 Å². The highest BCUT2D eigenvalue weighted by molar-refractivity contribution is 9.10. The molecule has 0 bridgehead atoms. The summed E-state index contributed by atoms with van der Waals surface area (Å²) in [6.45, 7) is -0.338. The van der Waals surface area contributed by atoms with Crippen molar-refractivity contribution >= 4 is 27.7 Å². The number of carbonyl (C=O) groups is 2. The summed E-state index contributed by atoms with van der Waals surface area (Å²) < 4.78 is 5.89. The molecule has 116 valence electrons. The normalized spacial score (nSPS) is 9.57. The van der Waals surface area contributed by atoms with Crippen molar-refractivity contribution in [2.45, 2.75) is 0 Å². The molecule has 0 fully saturated rings. The first-order chi connectivity index (χ1) is 11.1. The molecule has 23 heavy (non-hydrogen) atoms. The molecule has 0 atom stereocenters. The van der Waals surface area contributed by atoms with Crippen molar-refractivity contribution in [3.05, 3.63) is 58.3 Å². The van der Waals surface area contributed by atoms with Gasteiger partial charge in [-0.25, -0.2) is 0 Å². The molecule has 0 radical (unpaired) electrons. The minimum absolute atomic E-state index is 0.287. The molecule has 0 aliphatic rings. The van der Waals surface area contributed by atoms with E-state index in [2.05, 4.69) is 31.8 Å². The first-order valence-electron chi connectivity index (χ1n) is 6.42. The lowest BCUT2D eigenvalue weighted by molar-refractivity contribution is -0.123. The van der Waals surface area contributed by atoms with Gasteiger partial charge in [0.1, 0.15) is 11.8 Å². The fraction of sp³-hybridized carbons (Fsp3) is 0.0667. The number of rotatable bonds is 4. The van der Waals surface area contributed by atoms with Crippen LogP contribution in [0, 0.1) is 11.3 Å². The van der Waals surface area contributed by atoms with E-state index in [1.54, 1.807) is 30.3 Å². The van der Waals surface area contributed by atoms with Crippen LogP contribution in [0.1, 0.15) is 15.9 Å². The Hall–Kier alpha value is -2.92. The summed E-state index contributed by atoms with van der Waals surface area (Å²) in [5.74, 6) is -0.772. The maximum atomic E-state index is 11.8. The molecule has 0 saturated carbocycles. The Morgan fingerprint density at radius 3 is 2.78 bits per heavy atom. The van der Waals surface area contributed by atoms with Crippen molar-refractivity contribution in [2.24, 2.45) is 0 Å². The number of halogens is 1. The van der Waals surface area contributed by atoms with E-state index < -0.39 is 11.8 Å². The highest BCUT2D eigenvalue weighted by Gasteiger charge is 2.09. The van der Waals surface area contributed by atoms with E-state index in [1.165, 1.54) is 12.4 Å². The zero-order chi connectivity index (χ0) is 16.7. The molecule has 0 aliphatic carbocycles.